The number of amides is 4. The van der Waals surface area contributed by atoms with Crippen LogP contribution in [0.25, 0.3) is 0 Å². The SMILES string of the molecule is NCCCC[C@H](NC(=O)CCCCCCCCCCCNC(=O)[C@H](CCCN=C(N)N)NC(=O)CCCCCCCCCCCNC(=O)[C@@H](N)CCCN=C(N)N)C(=O)O.O=C(O)C(F)(F)F.O=C(O)C(F)(F)F.O=C(O)C(F)(F)F.O=C(O)C(F)(F)F. The molecule has 0 aromatic rings. The number of hydrogen-bond donors (Lipinski definition) is 15. The van der Waals surface area contributed by atoms with Gasteiger partial charge in [-0.2, -0.15) is 52.7 Å². The molecule has 0 aliphatic rings. The molecule has 0 aromatic heterocycles. The molecule has 0 aliphatic heterocycles. The molecule has 21 N–H and O–H groups in total. The number of alkyl halides is 12. The monoisotopic (exact) mass is 1310 g/mol. The first-order chi connectivity index (χ1) is 40.6. The number of carboxylic acid groups (broad SMARTS) is 5. The Morgan fingerprint density at radius 1 is 0.375 bits per heavy atom. The Balaban J connectivity index is -0.000000665. The van der Waals surface area contributed by atoms with Crippen molar-refractivity contribution in [1.82, 2.24) is 21.3 Å². The molecular weight excluding hydrogens is 1220 g/mol. The van der Waals surface area contributed by atoms with E-state index in [0.29, 0.717) is 84.1 Å². The number of carbonyl (C=O) groups is 9. The summed E-state index contributed by atoms with van der Waals surface area (Å²) in [5.74, 6) is -12.7. The van der Waals surface area contributed by atoms with Crippen LogP contribution in [-0.4, -0.2) is 166 Å². The van der Waals surface area contributed by atoms with E-state index in [1.54, 1.807) is 0 Å². The maximum atomic E-state index is 13.0. The van der Waals surface area contributed by atoms with Crippen LogP contribution in [-0.2, 0) is 43.2 Å². The highest BCUT2D eigenvalue weighted by molar-refractivity contribution is 5.87. The fourth-order valence-corrected chi connectivity index (χ4v) is 6.68. The van der Waals surface area contributed by atoms with Crippen molar-refractivity contribution in [3.63, 3.8) is 0 Å². The normalized spacial score (nSPS) is 12.1. The Morgan fingerprint density at radius 3 is 0.943 bits per heavy atom. The molecule has 26 nitrogen and oxygen atoms in total. The van der Waals surface area contributed by atoms with E-state index in [4.69, 9.17) is 74.0 Å². The lowest BCUT2D eigenvalue weighted by atomic mass is 10.1. The van der Waals surface area contributed by atoms with Gasteiger partial charge in [0.1, 0.15) is 12.1 Å². The van der Waals surface area contributed by atoms with Gasteiger partial charge in [0.25, 0.3) is 0 Å². The van der Waals surface area contributed by atoms with E-state index in [1.165, 1.54) is 0 Å². The molecule has 0 fully saturated rings. The number of aliphatic carboxylic acids is 5. The average Bonchev–Trinajstić information content (AvgIpc) is 3.58. The smallest absolute Gasteiger partial charge is 0.480 e. The van der Waals surface area contributed by atoms with E-state index in [0.717, 1.165) is 122 Å². The highest BCUT2D eigenvalue weighted by Gasteiger charge is 2.40. The summed E-state index contributed by atoms with van der Waals surface area (Å²) in [6.45, 7) is 2.52. The van der Waals surface area contributed by atoms with Crippen molar-refractivity contribution < 1.29 is 121 Å². The van der Waals surface area contributed by atoms with Crippen molar-refractivity contribution in [1.29, 1.82) is 0 Å². The van der Waals surface area contributed by atoms with Gasteiger partial charge in [-0.05, 0) is 77.2 Å². The summed E-state index contributed by atoms with van der Waals surface area (Å²) in [7, 11) is 0. The zero-order chi connectivity index (χ0) is 69.0. The molecule has 0 aliphatic carbocycles. The minimum Gasteiger partial charge on any atom is -0.480 e. The minimum absolute atomic E-state index is 0.00164. The third kappa shape index (κ3) is 64.8. The second-order valence-electron chi connectivity index (χ2n) is 19.0. The number of halogens is 12. The molecule has 516 valence electrons. The molecule has 0 spiro atoms. The molecule has 0 bridgehead atoms. The van der Waals surface area contributed by atoms with Crippen molar-refractivity contribution in [2.45, 2.75) is 216 Å². The Kier molecular flexibility index (Phi) is 53.9. The molecule has 0 unspecified atom stereocenters. The van der Waals surface area contributed by atoms with Gasteiger partial charge in [0.15, 0.2) is 11.9 Å². The maximum Gasteiger partial charge on any atom is 0.490 e. The van der Waals surface area contributed by atoms with Gasteiger partial charge < -0.3 is 81.2 Å². The van der Waals surface area contributed by atoms with E-state index in [-0.39, 0.29) is 35.5 Å². The number of guanidine groups is 2. The summed E-state index contributed by atoms with van der Waals surface area (Å²) in [5, 5.41) is 49.3. The predicted molar refractivity (Wildman–Crippen MR) is 295 cm³/mol. The maximum absolute atomic E-state index is 13.0. The van der Waals surface area contributed by atoms with Crippen LogP contribution in [0.3, 0.4) is 0 Å². The van der Waals surface area contributed by atoms with Crippen molar-refractivity contribution in [3.05, 3.63) is 0 Å². The van der Waals surface area contributed by atoms with Crippen molar-refractivity contribution >= 4 is 65.4 Å². The molecule has 88 heavy (non-hydrogen) atoms. The van der Waals surface area contributed by atoms with Gasteiger partial charge in [0.2, 0.25) is 23.6 Å². The first kappa shape index (κ1) is 89.6. The summed E-state index contributed by atoms with van der Waals surface area (Å²) < 4.78 is 127. The van der Waals surface area contributed by atoms with Crippen LogP contribution in [0, 0.1) is 0 Å². The Labute approximate surface area is 500 Å². The molecule has 0 rings (SSSR count). The van der Waals surface area contributed by atoms with Crippen LogP contribution in [0.15, 0.2) is 9.98 Å². The molecule has 0 aromatic carbocycles. The van der Waals surface area contributed by atoms with Crippen molar-refractivity contribution in [3.8, 4) is 0 Å². The third-order valence-corrected chi connectivity index (χ3v) is 11.2. The van der Waals surface area contributed by atoms with Crippen LogP contribution >= 0.6 is 0 Å². The zero-order valence-corrected chi connectivity index (χ0v) is 48.7. The first-order valence-corrected chi connectivity index (χ1v) is 27.8. The van der Waals surface area contributed by atoms with Gasteiger partial charge >= 0.3 is 54.6 Å². The van der Waals surface area contributed by atoms with E-state index < -0.39 is 72.7 Å². The van der Waals surface area contributed by atoms with E-state index >= 15 is 0 Å². The molecule has 4 amide bonds. The Morgan fingerprint density at radius 2 is 0.648 bits per heavy atom. The van der Waals surface area contributed by atoms with Gasteiger partial charge in [0, 0.05) is 39.0 Å². The number of aliphatic imine (C=N–C) groups is 2. The molecule has 38 heteroatoms. The molecule has 0 saturated carbocycles. The average molecular weight is 1310 g/mol. The largest absolute Gasteiger partial charge is 0.490 e. The number of hydrogen-bond acceptors (Lipinski definition) is 13. The van der Waals surface area contributed by atoms with Crippen LogP contribution in [0.2, 0.25) is 0 Å². The molecule has 0 heterocycles. The molecular formula is C50H88F12N12O14. The van der Waals surface area contributed by atoms with Gasteiger partial charge in [0.05, 0.1) is 6.04 Å². The Bertz CT molecular complexity index is 1940. The number of nitrogens with one attached hydrogen (secondary N) is 4. The zero-order valence-electron chi connectivity index (χ0n) is 48.7. The van der Waals surface area contributed by atoms with Crippen molar-refractivity contribution in [2.24, 2.45) is 44.4 Å². The number of nitrogens with zero attached hydrogens (tertiary/aromatic N) is 2. The van der Waals surface area contributed by atoms with Gasteiger partial charge in [-0.25, -0.2) is 24.0 Å². The third-order valence-electron chi connectivity index (χ3n) is 11.2. The van der Waals surface area contributed by atoms with Gasteiger partial charge in [-0.15, -0.1) is 0 Å². The highest BCUT2D eigenvalue weighted by Crippen LogP contribution is 2.17. The summed E-state index contributed by atoms with van der Waals surface area (Å²) >= 11 is 0. The van der Waals surface area contributed by atoms with Gasteiger partial charge in [-0.1, -0.05) is 89.9 Å². The molecule has 0 saturated heterocycles. The second-order valence-corrected chi connectivity index (χ2v) is 19.0. The fourth-order valence-electron chi connectivity index (χ4n) is 6.68. The standard InChI is InChI=1S/C42H84N12O6.4C2HF3O2/c43-28-18-17-24-35(40(59)60)54-37(56)27-16-12-8-4-2-6-10-14-20-30-50-39(58)34(25-22-32-52-42(47)48)53-36(55)26-15-11-7-3-1-5-9-13-19-29-49-38(57)33(44)23-21-31-51-41(45)46;4*3-2(4,5)1(6)7/h33-35H,1-32,43-44H2,(H,49,57)(H,50,58)(H,53,55)(H,54,56)(H,59,60)(H4,45,46,51)(H4,47,48,52);4*(H,6,7)/t33-,34-,35-;;;;/m0..../s1. The van der Waals surface area contributed by atoms with Crippen LogP contribution < -0.4 is 55.7 Å². The summed E-state index contributed by atoms with van der Waals surface area (Å²) in [5.41, 5.74) is 32.9. The predicted octanol–water partition coefficient (Wildman–Crippen LogP) is 5.17. The van der Waals surface area contributed by atoms with Crippen LogP contribution in [0.5, 0.6) is 0 Å². The summed E-state index contributed by atoms with van der Waals surface area (Å²) in [6, 6.07) is -2.03. The van der Waals surface area contributed by atoms with Crippen LogP contribution in [0.4, 0.5) is 52.7 Å². The lowest BCUT2D eigenvalue weighted by molar-refractivity contribution is -0.193. The number of nitrogens with two attached hydrogens (primary N) is 6. The topological polar surface area (TPSA) is 484 Å². The summed E-state index contributed by atoms with van der Waals surface area (Å²) in [6.07, 6.45) is 2.57. The van der Waals surface area contributed by atoms with E-state index in [2.05, 4.69) is 31.3 Å². The number of rotatable bonds is 41. The second kappa shape index (κ2) is 52.9. The number of carboxylic acids is 5. The van der Waals surface area contributed by atoms with E-state index in [9.17, 15) is 81.8 Å². The molecule has 0 radical (unpaired) electrons. The van der Waals surface area contributed by atoms with Gasteiger partial charge in [-0.3, -0.25) is 29.2 Å². The summed E-state index contributed by atoms with van der Waals surface area (Å²) in [4.78, 5) is 105. The highest BCUT2D eigenvalue weighted by atomic mass is 19.4. The quantitative estimate of drug-likeness (QED) is 0.0162. The number of unbranched alkanes of at least 4 members (excludes halogenated alkanes) is 17. The first-order valence-electron chi connectivity index (χ1n) is 27.8. The Hall–Kier alpha value is -7.15. The lowest BCUT2D eigenvalue weighted by Crippen LogP contribution is -2.47. The molecule has 3 atom stereocenters. The van der Waals surface area contributed by atoms with Crippen LogP contribution in [0.1, 0.15) is 173 Å². The number of carbonyl (C=O) groups excluding carboxylic acids is 4. The van der Waals surface area contributed by atoms with E-state index in [1.807, 2.05) is 0 Å². The van der Waals surface area contributed by atoms with Crippen molar-refractivity contribution in [2.75, 3.05) is 32.7 Å². The lowest BCUT2D eigenvalue weighted by Gasteiger charge is -2.18. The minimum atomic E-state index is -5.08. The fraction of sp³-hybridized carbons (Fsp3) is 0.780.